The smallest absolute Gasteiger partial charge is 0.253 e. The Bertz CT molecular complexity index is 371. The monoisotopic (exact) mass is 314 g/mol. The zero-order chi connectivity index (χ0) is 10.9. The topological polar surface area (TPSA) is 17.1 Å². The average molecular weight is 316 g/mol. The van der Waals surface area contributed by atoms with Crippen molar-refractivity contribution in [3.63, 3.8) is 0 Å². The molecule has 0 spiro atoms. The quantitative estimate of drug-likeness (QED) is 0.557. The third-order valence-electron chi connectivity index (χ3n) is 1.69. The highest BCUT2D eigenvalue weighted by Crippen LogP contribution is 2.32. The van der Waals surface area contributed by atoms with Crippen LogP contribution in [0.15, 0.2) is 22.7 Å². The number of Topliss-reactive ketones (excluding diaryl/α,β-unsaturated/α-hetero) is 1. The molecule has 1 aromatic rings. The molecule has 0 aliphatic carbocycles. The van der Waals surface area contributed by atoms with Crippen molar-refractivity contribution in [1.82, 2.24) is 0 Å². The van der Waals surface area contributed by atoms with Gasteiger partial charge in [0.1, 0.15) is 0 Å². The van der Waals surface area contributed by atoms with Gasteiger partial charge in [0.25, 0.3) is 3.79 Å². The second kappa shape index (κ2) is 4.40. The van der Waals surface area contributed by atoms with E-state index in [4.69, 9.17) is 34.8 Å². The van der Waals surface area contributed by atoms with Crippen LogP contribution in [-0.4, -0.2) is 9.58 Å². The number of hydrogen-bond donors (Lipinski definition) is 0. The van der Waals surface area contributed by atoms with E-state index in [0.717, 1.165) is 10.0 Å². The number of carbonyl (C=O) groups is 1. The molecule has 76 valence electrons. The third kappa shape index (κ3) is 2.86. The lowest BCUT2D eigenvalue weighted by Crippen LogP contribution is -2.19. The molecule has 14 heavy (non-hydrogen) atoms. The highest BCUT2D eigenvalue weighted by molar-refractivity contribution is 9.10. The number of carbonyl (C=O) groups excluding carboxylic acids is 1. The first-order valence-electron chi connectivity index (χ1n) is 3.70. The summed E-state index contributed by atoms with van der Waals surface area (Å²) in [7, 11) is 0. The van der Waals surface area contributed by atoms with Crippen LogP contribution in [0.1, 0.15) is 15.9 Å². The minimum atomic E-state index is -1.89. The molecule has 0 saturated heterocycles. The van der Waals surface area contributed by atoms with Crippen molar-refractivity contribution < 1.29 is 4.79 Å². The van der Waals surface area contributed by atoms with E-state index in [1.165, 1.54) is 0 Å². The first-order chi connectivity index (χ1) is 6.32. The van der Waals surface area contributed by atoms with Crippen LogP contribution in [0, 0.1) is 6.92 Å². The van der Waals surface area contributed by atoms with Crippen LogP contribution < -0.4 is 0 Å². The van der Waals surface area contributed by atoms with Crippen molar-refractivity contribution in [3.05, 3.63) is 33.8 Å². The molecule has 0 N–H and O–H groups in total. The molecule has 0 aliphatic heterocycles. The van der Waals surface area contributed by atoms with E-state index < -0.39 is 9.58 Å². The zero-order valence-corrected chi connectivity index (χ0v) is 11.0. The van der Waals surface area contributed by atoms with Crippen LogP contribution in [-0.2, 0) is 0 Å². The van der Waals surface area contributed by atoms with Gasteiger partial charge in [-0.1, -0.05) is 50.7 Å². The maximum atomic E-state index is 11.6. The first kappa shape index (κ1) is 12.3. The lowest BCUT2D eigenvalue weighted by Gasteiger charge is -2.11. The summed E-state index contributed by atoms with van der Waals surface area (Å²) in [5.41, 5.74) is 1.20. The van der Waals surface area contributed by atoms with E-state index in [2.05, 4.69) is 15.9 Å². The van der Waals surface area contributed by atoms with Gasteiger partial charge in [-0.25, -0.2) is 0 Å². The standard InChI is InChI=1S/C9H6BrCl3O/c1-5-4-6(10)2-3-7(5)8(14)9(11,12)13/h2-4H,1H3. The molecule has 0 aliphatic rings. The van der Waals surface area contributed by atoms with Crippen molar-refractivity contribution in [2.45, 2.75) is 10.7 Å². The molecule has 5 heteroatoms. The van der Waals surface area contributed by atoms with E-state index in [1.54, 1.807) is 25.1 Å². The molecular weight excluding hydrogens is 310 g/mol. The van der Waals surface area contributed by atoms with Gasteiger partial charge in [-0.05, 0) is 30.7 Å². The summed E-state index contributed by atoms with van der Waals surface area (Å²) in [6, 6.07) is 5.16. The van der Waals surface area contributed by atoms with E-state index in [9.17, 15) is 4.79 Å². The largest absolute Gasteiger partial charge is 0.289 e. The van der Waals surface area contributed by atoms with E-state index in [0.29, 0.717) is 5.56 Å². The van der Waals surface area contributed by atoms with Gasteiger partial charge >= 0.3 is 0 Å². The minimum Gasteiger partial charge on any atom is -0.289 e. The summed E-state index contributed by atoms with van der Waals surface area (Å²) < 4.78 is -1.01. The fourth-order valence-corrected chi connectivity index (χ4v) is 1.82. The summed E-state index contributed by atoms with van der Waals surface area (Å²) in [4.78, 5) is 11.6. The van der Waals surface area contributed by atoms with Crippen molar-refractivity contribution in [3.8, 4) is 0 Å². The van der Waals surface area contributed by atoms with Crippen LogP contribution in [0.3, 0.4) is 0 Å². The fraction of sp³-hybridized carbons (Fsp3) is 0.222. The SMILES string of the molecule is Cc1cc(Br)ccc1C(=O)C(Cl)(Cl)Cl. The Morgan fingerprint density at radius 3 is 2.36 bits per heavy atom. The maximum Gasteiger partial charge on any atom is 0.253 e. The molecular formula is C9H6BrCl3O. The second-order valence-electron chi connectivity index (χ2n) is 2.79. The summed E-state index contributed by atoms with van der Waals surface area (Å²) in [5.74, 6) is -0.507. The molecule has 1 nitrogen and oxygen atoms in total. The summed E-state index contributed by atoms with van der Waals surface area (Å²) in [6.45, 7) is 1.79. The lowest BCUT2D eigenvalue weighted by atomic mass is 10.1. The van der Waals surface area contributed by atoms with Crippen molar-refractivity contribution in [2.24, 2.45) is 0 Å². The summed E-state index contributed by atoms with van der Waals surface area (Å²) in [6.07, 6.45) is 0. The number of aryl methyl sites for hydroxylation is 1. The molecule has 1 rings (SSSR count). The number of hydrogen-bond acceptors (Lipinski definition) is 1. The number of rotatable bonds is 1. The van der Waals surface area contributed by atoms with Gasteiger partial charge in [0.15, 0.2) is 0 Å². The Hall–Kier alpha value is 0.240. The number of alkyl halides is 3. The Balaban J connectivity index is 3.15. The van der Waals surface area contributed by atoms with Crippen LogP contribution >= 0.6 is 50.7 Å². The Morgan fingerprint density at radius 1 is 1.36 bits per heavy atom. The summed E-state index contributed by atoms with van der Waals surface area (Å²) in [5, 5.41) is 0. The molecule has 0 fully saturated rings. The van der Waals surface area contributed by atoms with Gasteiger partial charge in [-0.3, -0.25) is 4.79 Å². The predicted molar refractivity (Wildman–Crippen MR) is 63.5 cm³/mol. The van der Waals surface area contributed by atoms with Crippen molar-refractivity contribution in [2.75, 3.05) is 0 Å². The Labute approximate surface area is 105 Å². The van der Waals surface area contributed by atoms with Gasteiger partial charge in [-0.2, -0.15) is 0 Å². The van der Waals surface area contributed by atoms with Crippen molar-refractivity contribution in [1.29, 1.82) is 0 Å². The fourth-order valence-electron chi connectivity index (χ4n) is 1.03. The molecule has 0 amide bonds. The third-order valence-corrected chi connectivity index (χ3v) is 2.70. The van der Waals surface area contributed by atoms with E-state index in [-0.39, 0.29) is 0 Å². The molecule has 1 aromatic carbocycles. The van der Waals surface area contributed by atoms with Gasteiger partial charge < -0.3 is 0 Å². The highest BCUT2D eigenvalue weighted by Gasteiger charge is 2.32. The van der Waals surface area contributed by atoms with Gasteiger partial charge in [-0.15, -0.1) is 0 Å². The van der Waals surface area contributed by atoms with Crippen LogP contribution in [0.2, 0.25) is 0 Å². The molecule has 0 heterocycles. The van der Waals surface area contributed by atoms with Crippen LogP contribution in [0.4, 0.5) is 0 Å². The number of ketones is 1. The molecule has 0 unspecified atom stereocenters. The van der Waals surface area contributed by atoms with Gasteiger partial charge in [0, 0.05) is 10.0 Å². The zero-order valence-electron chi connectivity index (χ0n) is 7.15. The first-order valence-corrected chi connectivity index (χ1v) is 5.62. The normalized spacial score (nSPS) is 11.5. The Morgan fingerprint density at radius 2 is 1.93 bits per heavy atom. The average Bonchev–Trinajstić information content (AvgIpc) is 2.01. The van der Waals surface area contributed by atoms with Crippen LogP contribution in [0.25, 0.3) is 0 Å². The maximum absolute atomic E-state index is 11.6. The van der Waals surface area contributed by atoms with Crippen LogP contribution in [0.5, 0.6) is 0 Å². The lowest BCUT2D eigenvalue weighted by molar-refractivity contribution is 0.0996. The van der Waals surface area contributed by atoms with Gasteiger partial charge in [0.2, 0.25) is 5.78 Å². The van der Waals surface area contributed by atoms with E-state index >= 15 is 0 Å². The predicted octanol–water partition coefficient (Wildman–Crippen LogP) is 4.31. The number of halogens is 4. The molecule has 0 radical (unpaired) electrons. The van der Waals surface area contributed by atoms with Gasteiger partial charge in [0.05, 0.1) is 0 Å². The van der Waals surface area contributed by atoms with Crippen molar-refractivity contribution >= 4 is 56.5 Å². The number of benzene rings is 1. The minimum absolute atomic E-state index is 0.424. The highest BCUT2D eigenvalue weighted by atomic mass is 79.9. The molecule has 0 aromatic heterocycles. The molecule has 0 saturated carbocycles. The second-order valence-corrected chi connectivity index (χ2v) is 5.98. The Kier molecular flexibility index (Phi) is 3.87. The van der Waals surface area contributed by atoms with E-state index in [1.807, 2.05) is 0 Å². The molecule has 0 atom stereocenters. The molecule has 0 bridgehead atoms. The summed E-state index contributed by atoms with van der Waals surface area (Å²) >= 11 is 19.8.